The molecule has 1 saturated heterocycles. The van der Waals surface area contributed by atoms with Gasteiger partial charge in [-0.3, -0.25) is 18.9 Å². The summed E-state index contributed by atoms with van der Waals surface area (Å²) in [4.78, 5) is 27.8. The van der Waals surface area contributed by atoms with Crippen molar-refractivity contribution in [2.75, 3.05) is 53.4 Å². The Bertz CT molecular complexity index is 1250. The maximum absolute atomic E-state index is 13.3. The number of ether oxygens (including phenoxy) is 4. The highest BCUT2D eigenvalue weighted by molar-refractivity contribution is 7.53. The first-order valence-electron chi connectivity index (χ1n) is 16.1. The lowest BCUT2D eigenvalue weighted by Gasteiger charge is -2.38. The van der Waals surface area contributed by atoms with Crippen molar-refractivity contribution in [2.45, 2.75) is 110 Å². The van der Waals surface area contributed by atoms with Crippen molar-refractivity contribution in [1.29, 1.82) is 5.26 Å². The number of H-pyrrole nitrogens is 1. The van der Waals surface area contributed by atoms with Crippen LogP contribution in [0, 0.1) is 18.3 Å². The van der Waals surface area contributed by atoms with Gasteiger partial charge in [-0.2, -0.15) is 5.26 Å². The average Bonchev–Trinajstić information content (AvgIpc) is 3.31. The highest BCUT2D eigenvalue weighted by Crippen LogP contribution is 2.52. The fraction of sp³-hybridized carbons (Fsp3) is 0.833. The third-order valence-electron chi connectivity index (χ3n) is 7.21. The maximum Gasteiger partial charge on any atom is 0.330 e. The Hall–Kier alpha value is -1.53. The van der Waals surface area contributed by atoms with Gasteiger partial charge in [-0.15, -0.1) is 0 Å². The van der Waals surface area contributed by atoms with Crippen molar-refractivity contribution in [3.05, 3.63) is 32.6 Å². The SMILES string of the molecule is CCOP(=O)(CCC[C@H]1O[C@@H](n2cc(C)c(=O)[nH]c2=O)[C@H](OC(COC)COC)[C@@H]1OP(OCCC#N)N(C(C)C)C(C)C)OCC. The number of rotatable bonds is 23. The zero-order valence-corrected chi connectivity index (χ0v) is 31.0. The number of aromatic nitrogens is 2. The van der Waals surface area contributed by atoms with E-state index in [0.717, 1.165) is 0 Å². The molecule has 5 atom stereocenters. The van der Waals surface area contributed by atoms with Crippen molar-refractivity contribution in [1.82, 2.24) is 14.2 Å². The lowest BCUT2D eigenvalue weighted by atomic mass is 10.1. The van der Waals surface area contributed by atoms with E-state index in [9.17, 15) is 19.4 Å². The molecule has 1 aromatic heterocycles. The molecule has 0 aromatic carbocycles. The lowest BCUT2D eigenvalue weighted by Crippen LogP contribution is -2.44. The fourth-order valence-corrected chi connectivity index (χ4v) is 8.83. The fourth-order valence-electron chi connectivity index (χ4n) is 5.38. The number of hydrogen-bond acceptors (Lipinski definition) is 13. The van der Waals surface area contributed by atoms with E-state index in [1.807, 2.05) is 27.7 Å². The van der Waals surface area contributed by atoms with Gasteiger partial charge in [0.15, 0.2) is 6.23 Å². The Morgan fingerprint density at radius 3 is 2.23 bits per heavy atom. The second-order valence-electron chi connectivity index (χ2n) is 11.6. The molecule has 0 amide bonds. The monoisotopic (exact) mass is 708 g/mol. The molecule has 0 radical (unpaired) electrons. The molecule has 1 fully saturated rings. The zero-order valence-electron chi connectivity index (χ0n) is 29.2. The standard InChI is InChI=1S/C30H54N4O11P2/c1-10-41-47(37,42-11-2)17-12-14-25-26(45-46(40-16-13-15-31)34(21(3)4)22(5)6)27(43-24(19-38-8)20-39-9)29(44-25)33-18-23(7)28(35)32-30(33)36/h18,21-22,24-27,29H,10-14,16-17,19-20H2,1-9H3,(H,32,35,36)/t25-,26-,27-,29-,46?/m1/s1. The molecule has 0 aliphatic carbocycles. The molecule has 0 spiro atoms. The van der Waals surface area contributed by atoms with Crippen LogP contribution in [0.4, 0.5) is 0 Å². The summed E-state index contributed by atoms with van der Waals surface area (Å²) in [7, 11) is -2.03. The number of methoxy groups -OCH3 is 2. The molecular formula is C30H54N4O11P2. The van der Waals surface area contributed by atoms with Crippen LogP contribution >= 0.6 is 16.1 Å². The summed E-state index contributed by atoms with van der Waals surface area (Å²) in [5.74, 6) is 0. The molecular weight excluding hydrogens is 654 g/mol. The Morgan fingerprint density at radius 2 is 1.70 bits per heavy atom. The third-order valence-corrected chi connectivity index (χ3v) is 11.5. The van der Waals surface area contributed by atoms with Gasteiger partial charge in [0.05, 0.1) is 57.8 Å². The van der Waals surface area contributed by atoms with Gasteiger partial charge in [0.25, 0.3) is 14.1 Å². The van der Waals surface area contributed by atoms with Crippen LogP contribution in [0.3, 0.4) is 0 Å². The number of nitrogens with zero attached hydrogens (tertiary/aromatic N) is 3. The molecule has 15 nitrogen and oxygen atoms in total. The van der Waals surface area contributed by atoms with Gasteiger partial charge >= 0.3 is 13.3 Å². The summed E-state index contributed by atoms with van der Waals surface area (Å²) >= 11 is 0. The number of nitrogens with one attached hydrogen (secondary N) is 1. The predicted molar refractivity (Wildman–Crippen MR) is 177 cm³/mol. The molecule has 1 N–H and O–H groups in total. The topological polar surface area (TPSA) is 173 Å². The van der Waals surface area contributed by atoms with Gasteiger partial charge in [-0.25, -0.2) is 9.46 Å². The maximum atomic E-state index is 13.3. The van der Waals surface area contributed by atoms with Crippen LogP contribution in [0.2, 0.25) is 0 Å². The second-order valence-corrected chi connectivity index (χ2v) is 15.2. The van der Waals surface area contributed by atoms with E-state index in [1.54, 1.807) is 35.0 Å². The minimum atomic E-state index is -3.35. The molecule has 17 heteroatoms. The van der Waals surface area contributed by atoms with E-state index in [0.29, 0.717) is 18.4 Å². The van der Waals surface area contributed by atoms with Crippen LogP contribution in [0.15, 0.2) is 15.8 Å². The van der Waals surface area contributed by atoms with Crippen molar-refractivity contribution >= 4 is 16.1 Å². The molecule has 1 aliphatic heterocycles. The third kappa shape index (κ3) is 12.4. The summed E-state index contributed by atoms with van der Waals surface area (Å²) in [6.45, 7) is 14.2. The van der Waals surface area contributed by atoms with Gasteiger partial charge in [-0.05, 0) is 61.3 Å². The lowest BCUT2D eigenvalue weighted by molar-refractivity contribution is -0.130. The molecule has 2 rings (SSSR count). The van der Waals surface area contributed by atoms with E-state index in [4.69, 9.17) is 37.0 Å². The predicted octanol–water partition coefficient (Wildman–Crippen LogP) is 4.50. The second kappa shape index (κ2) is 20.9. The number of aromatic amines is 1. The highest BCUT2D eigenvalue weighted by Gasteiger charge is 2.50. The molecule has 1 unspecified atom stereocenters. The van der Waals surface area contributed by atoms with E-state index in [2.05, 4.69) is 15.7 Å². The first-order chi connectivity index (χ1) is 22.4. The number of aryl methyl sites for hydroxylation is 1. The van der Waals surface area contributed by atoms with Crippen LogP contribution in [0.25, 0.3) is 0 Å². The Kier molecular flexibility index (Phi) is 18.5. The molecule has 47 heavy (non-hydrogen) atoms. The van der Waals surface area contributed by atoms with Crippen LogP contribution in [0.1, 0.15) is 72.6 Å². The van der Waals surface area contributed by atoms with Gasteiger partial charge in [0.2, 0.25) is 0 Å². The van der Waals surface area contributed by atoms with Crippen LogP contribution in [-0.4, -0.2) is 104 Å². The summed E-state index contributed by atoms with van der Waals surface area (Å²) < 4.78 is 64.8. The number of hydrogen-bond donors (Lipinski definition) is 1. The Labute approximate surface area is 279 Å². The highest BCUT2D eigenvalue weighted by atomic mass is 31.2. The largest absolute Gasteiger partial charge is 0.382 e. The van der Waals surface area contributed by atoms with Crippen molar-refractivity contribution in [3.8, 4) is 6.07 Å². The van der Waals surface area contributed by atoms with E-state index in [1.165, 1.54) is 10.8 Å². The van der Waals surface area contributed by atoms with Gasteiger partial charge < -0.3 is 37.0 Å². The molecule has 2 heterocycles. The normalized spacial score (nSPS) is 20.9. The van der Waals surface area contributed by atoms with Gasteiger partial charge in [-0.1, -0.05) is 0 Å². The van der Waals surface area contributed by atoms with E-state index >= 15 is 0 Å². The first kappa shape index (κ1) is 41.6. The summed E-state index contributed by atoms with van der Waals surface area (Å²) in [6.07, 6.45) is -1.55. The molecule has 270 valence electrons. The van der Waals surface area contributed by atoms with Crippen molar-refractivity contribution in [2.24, 2.45) is 0 Å². The molecule has 1 aromatic rings. The average molecular weight is 709 g/mol. The van der Waals surface area contributed by atoms with Gasteiger partial charge in [0.1, 0.15) is 18.3 Å². The summed E-state index contributed by atoms with van der Waals surface area (Å²) in [6, 6.07) is 2.14. The molecule has 0 bridgehead atoms. The van der Waals surface area contributed by atoms with E-state index < -0.39 is 58.0 Å². The van der Waals surface area contributed by atoms with Crippen LogP contribution in [-0.2, 0) is 41.6 Å². The first-order valence-corrected chi connectivity index (χ1v) is 19.0. The summed E-state index contributed by atoms with van der Waals surface area (Å²) in [5.41, 5.74) is -0.881. The Morgan fingerprint density at radius 1 is 1.09 bits per heavy atom. The summed E-state index contributed by atoms with van der Waals surface area (Å²) in [5, 5.41) is 9.23. The van der Waals surface area contributed by atoms with Crippen molar-refractivity contribution in [3.63, 3.8) is 0 Å². The van der Waals surface area contributed by atoms with Gasteiger partial charge in [0, 0.05) is 38.1 Å². The molecule has 0 saturated carbocycles. The van der Waals surface area contributed by atoms with Crippen LogP contribution in [0.5, 0.6) is 0 Å². The Balaban J connectivity index is 2.66. The van der Waals surface area contributed by atoms with E-state index in [-0.39, 0.29) is 57.7 Å². The smallest absolute Gasteiger partial charge is 0.330 e. The zero-order chi connectivity index (χ0) is 35.1. The quantitative estimate of drug-likeness (QED) is 0.125. The number of nitriles is 1. The minimum absolute atomic E-state index is 0.0154. The molecule has 1 aliphatic rings. The van der Waals surface area contributed by atoms with Crippen molar-refractivity contribution < 1.29 is 41.6 Å². The minimum Gasteiger partial charge on any atom is -0.382 e. The van der Waals surface area contributed by atoms with Crippen LogP contribution < -0.4 is 11.2 Å².